The number of phenolic OH excluding ortho intramolecular Hbond substituents is 1. The molecule has 3 aliphatic heterocycles. The fraction of sp³-hybridized carbons (Fsp3) is 0.257. The molecule has 4 atom stereocenters. The smallest absolute Gasteiger partial charge is 0.273 e. The third kappa shape index (κ3) is 4.24. The Morgan fingerprint density at radius 2 is 1.94 bits per heavy atom. The fourth-order valence-corrected chi connectivity index (χ4v) is 7.07. The average Bonchev–Trinajstić information content (AvgIpc) is 3.82. The van der Waals surface area contributed by atoms with Crippen molar-refractivity contribution in [2.45, 2.75) is 44.0 Å². The maximum absolute atomic E-state index is 14.2. The maximum Gasteiger partial charge on any atom is 0.273 e. The summed E-state index contributed by atoms with van der Waals surface area (Å²) >= 11 is 0. The molecule has 0 fully saturated rings. The summed E-state index contributed by atoms with van der Waals surface area (Å²) in [6, 6.07) is 16.8. The number of nitrogens with one attached hydrogen (secondary N) is 4. The first-order valence-electron chi connectivity index (χ1n) is 15.5. The highest BCUT2D eigenvalue weighted by molar-refractivity contribution is 6.11. The molecule has 47 heavy (non-hydrogen) atoms. The van der Waals surface area contributed by atoms with Gasteiger partial charge in [0, 0.05) is 28.4 Å². The van der Waals surface area contributed by atoms with Crippen molar-refractivity contribution in [1.29, 1.82) is 0 Å². The molecule has 0 saturated heterocycles. The normalized spacial score (nSPS) is 22.4. The number of ketones is 1. The topological polar surface area (TPSA) is 185 Å². The minimum absolute atomic E-state index is 0.0172. The van der Waals surface area contributed by atoms with Crippen LogP contribution in [0.4, 0.5) is 5.69 Å². The number of rotatable bonds is 5. The van der Waals surface area contributed by atoms with E-state index in [0.717, 1.165) is 22.4 Å². The number of anilines is 1. The van der Waals surface area contributed by atoms with Crippen LogP contribution < -0.4 is 26.4 Å². The standard InChI is InChI=1S/C35H32N6O6/c1-16(2)27-33-41-29(32(45)38-15-25(43)19-14-37-28-18(19)6-5-9-24(28)42)30(47-33)35-20-7-3-4-8-23(20)39-34(35)46-26-11-10-17(12-21(26)35)13-22(36)31(44)40-27/h3-12,14,16,22,27,34,37,39,42H,13,15,36H2,1-2H3,(H,38,45)(H,40,44)/t22-,27-,34?,35?/m0/s1. The molecule has 5 heterocycles. The molecule has 2 aromatic heterocycles. The number of nitrogens with two attached hydrogens (primary N) is 1. The number of hydrogen-bond acceptors (Lipinski definition) is 9. The fourth-order valence-electron chi connectivity index (χ4n) is 7.07. The van der Waals surface area contributed by atoms with Gasteiger partial charge in [-0.3, -0.25) is 14.4 Å². The molecule has 2 unspecified atom stereocenters. The molecule has 2 amide bonds. The van der Waals surface area contributed by atoms with E-state index < -0.39 is 29.6 Å². The highest BCUT2D eigenvalue weighted by Crippen LogP contribution is 2.58. The number of amides is 2. The van der Waals surface area contributed by atoms with Crippen molar-refractivity contribution in [1.82, 2.24) is 20.6 Å². The predicted molar refractivity (Wildman–Crippen MR) is 171 cm³/mol. The van der Waals surface area contributed by atoms with Gasteiger partial charge in [-0.25, -0.2) is 4.98 Å². The number of Topliss-reactive ketones (excluding diaryl/α,β-unsaturated/α-hetero) is 1. The van der Waals surface area contributed by atoms with E-state index in [1.165, 1.54) is 12.3 Å². The molecule has 0 aliphatic carbocycles. The Balaban J connectivity index is 1.27. The first kappa shape index (κ1) is 28.8. The van der Waals surface area contributed by atoms with Crippen LogP contribution in [0.15, 0.2) is 71.3 Å². The van der Waals surface area contributed by atoms with Gasteiger partial charge >= 0.3 is 0 Å². The Morgan fingerprint density at radius 1 is 1.11 bits per heavy atom. The molecule has 238 valence electrons. The van der Waals surface area contributed by atoms with Crippen LogP contribution in [-0.4, -0.2) is 51.5 Å². The monoisotopic (exact) mass is 632 g/mol. The van der Waals surface area contributed by atoms with Crippen LogP contribution in [0.3, 0.4) is 0 Å². The average molecular weight is 633 g/mol. The Kier molecular flexibility index (Phi) is 6.41. The number of carbonyl (C=O) groups is 3. The molecule has 12 heteroatoms. The number of aromatic nitrogens is 2. The minimum atomic E-state index is -1.13. The van der Waals surface area contributed by atoms with Crippen LogP contribution in [0.5, 0.6) is 11.5 Å². The van der Waals surface area contributed by atoms with Crippen LogP contribution in [0.25, 0.3) is 10.9 Å². The van der Waals surface area contributed by atoms with Gasteiger partial charge in [0.2, 0.25) is 11.8 Å². The summed E-state index contributed by atoms with van der Waals surface area (Å²) in [6.07, 6.45) is 1.12. The Bertz CT molecular complexity index is 2120. The van der Waals surface area contributed by atoms with Gasteiger partial charge in [0.05, 0.1) is 18.1 Å². The summed E-state index contributed by atoms with van der Waals surface area (Å²) in [6.45, 7) is 3.48. The predicted octanol–water partition coefficient (Wildman–Crippen LogP) is 3.65. The van der Waals surface area contributed by atoms with Crippen LogP contribution >= 0.6 is 0 Å². The van der Waals surface area contributed by atoms with E-state index in [0.29, 0.717) is 22.2 Å². The number of nitrogens with zero attached hydrogens (tertiary/aromatic N) is 1. The number of hydrogen-bond donors (Lipinski definition) is 6. The number of ether oxygens (including phenoxy) is 1. The lowest BCUT2D eigenvalue weighted by atomic mass is 9.72. The van der Waals surface area contributed by atoms with Crippen LogP contribution in [0.1, 0.15) is 69.1 Å². The Labute approximate surface area is 268 Å². The molecule has 3 aromatic carbocycles. The SMILES string of the molecule is CC(C)[C@@H]1NC(=O)[C@@H](N)Cc2ccc3c(c2)C2(c4ccccc4NC2O3)c2oc1nc2C(=O)NCC(=O)c1c[nH]c2c(O)cccc12. The van der Waals surface area contributed by atoms with E-state index in [-0.39, 0.29) is 53.7 Å². The highest BCUT2D eigenvalue weighted by Gasteiger charge is 2.61. The third-order valence-electron chi connectivity index (χ3n) is 9.39. The van der Waals surface area contributed by atoms with Gasteiger partial charge < -0.3 is 40.9 Å². The van der Waals surface area contributed by atoms with Crippen molar-refractivity contribution in [2.75, 3.05) is 11.9 Å². The second-order valence-corrected chi connectivity index (χ2v) is 12.6. The second kappa shape index (κ2) is 10.5. The number of oxazole rings is 1. The van der Waals surface area contributed by atoms with Gasteiger partial charge in [0.25, 0.3) is 5.91 Å². The third-order valence-corrected chi connectivity index (χ3v) is 9.39. The minimum Gasteiger partial charge on any atom is -0.506 e. The summed E-state index contributed by atoms with van der Waals surface area (Å²) in [5.74, 6) is -0.555. The molecule has 5 aromatic rings. The molecule has 4 bridgehead atoms. The zero-order valence-electron chi connectivity index (χ0n) is 25.6. The number of para-hydroxylation sites is 2. The number of aromatic hydroxyl groups is 1. The molecule has 12 nitrogen and oxygen atoms in total. The largest absolute Gasteiger partial charge is 0.506 e. The van der Waals surface area contributed by atoms with Crippen molar-refractivity contribution in [2.24, 2.45) is 11.7 Å². The molecule has 7 N–H and O–H groups in total. The van der Waals surface area contributed by atoms with Gasteiger partial charge in [0.1, 0.15) is 23.0 Å². The summed E-state index contributed by atoms with van der Waals surface area (Å²) in [7, 11) is 0. The summed E-state index contributed by atoms with van der Waals surface area (Å²) in [5, 5.41) is 19.9. The van der Waals surface area contributed by atoms with Crippen molar-refractivity contribution < 1.29 is 28.6 Å². The van der Waals surface area contributed by atoms with Crippen LogP contribution in [-0.2, 0) is 16.6 Å². The van der Waals surface area contributed by atoms with Crippen LogP contribution in [0.2, 0.25) is 0 Å². The first-order valence-corrected chi connectivity index (χ1v) is 15.5. The molecule has 8 rings (SSSR count). The van der Waals surface area contributed by atoms with Gasteiger partial charge in [-0.05, 0) is 41.7 Å². The van der Waals surface area contributed by atoms with Crippen molar-refractivity contribution in [3.8, 4) is 11.5 Å². The molecular formula is C35H32N6O6. The summed E-state index contributed by atoms with van der Waals surface area (Å²) in [5.41, 5.74) is 9.21. The van der Waals surface area contributed by atoms with Gasteiger partial charge in [-0.2, -0.15) is 0 Å². The van der Waals surface area contributed by atoms with Gasteiger partial charge in [0.15, 0.2) is 23.5 Å². The zero-order valence-corrected chi connectivity index (χ0v) is 25.6. The van der Waals surface area contributed by atoms with Crippen molar-refractivity contribution in [3.63, 3.8) is 0 Å². The lowest BCUT2D eigenvalue weighted by Gasteiger charge is -2.28. The first-order chi connectivity index (χ1) is 22.7. The highest BCUT2D eigenvalue weighted by atomic mass is 16.5. The van der Waals surface area contributed by atoms with E-state index >= 15 is 0 Å². The maximum atomic E-state index is 14.2. The lowest BCUT2D eigenvalue weighted by Crippen LogP contribution is -2.45. The quantitative estimate of drug-likeness (QED) is 0.157. The summed E-state index contributed by atoms with van der Waals surface area (Å²) in [4.78, 5) is 48.5. The molecule has 0 saturated carbocycles. The van der Waals surface area contributed by atoms with E-state index in [9.17, 15) is 19.5 Å². The molecule has 3 aliphatic rings. The van der Waals surface area contributed by atoms with Crippen molar-refractivity contribution >= 4 is 34.2 Å². The van der Waals surface area contributed by atoms with Gasteiger partial charge in [-0.1, -0.05) is 56.3 Å². The van der Waals surface area contributed by atoms with E-state index in [2.05, 4.69) is 20.9 Å². The second-order valence-electron chi connectivity index (χ2n) is 12.6. The van der Waals surface area contributed by atoms with Crippen LogP contribution in [0, 0.1) is 5.92 Å². The number of benzene rings is 3. The molecular weight excluding hydrogens is 600 g/mol. The number of carbonyl (C=O) groups excluding carboxylic acids is 3. The molecule has 1 spiro atoms. The number of aromatic amines is 1. The molecule has 0 radical (unpaired) electrons. The number of fused-ring (bicyclic) bond motifs is 5. The summed E-state index contributed by atoms with van der Waals surface area (Å²) < 4.78 is 13.1. The zero-order chi connectivity index (χ0) is 32.6. The van der Waals surface area contributed by atoms with E-state index in [1.807, 2.05) is 56.3 Å². The lowest BCUT2D eigenvalue weighted by molar-refractivity contribution is -0.123. The number of H-pyrrole nitrogens is 1. The Hall–Kier alpha value is -5.62. The number of phenols is 1. The van der Waals surface area contributed by atoms with Crippen molar-refractivity contribution in [3.05, 3.63) is 106 Å². The van der Waals surface area contributed by atoms with Gasteiger partial charge in [-0.15, -0.1) is 0 Å². The van der Waals surface area contributed by atoms with E-state index in [4.69, 9.17) is 19.9 Å². The Morgan fingerprint density at radius 3 is 2.77 bits per heavy atom. The van der Waals surface area contributed by atoms with E-state index in [1.54, 1.807) is 12.1 Å².